The molecule has 1 radical (unpaired) electrons. The van der Waals surface area contributed by atoms with Crippen LogP contribution in [-0.4, -0.2) is 0 Å². The Labute approximate surface area is 81.6 Å². The van der Waals surface area contributed by atoms with Crippen molar-refractivity contribution < 1.29 is 4.74 Å². The van der Waals surface area contributed by atoms with E-state index in [-0.39, 0.29) is 0 Å². The lowest BCUT2D eigenvalue weighted by Crippen LogP contribution is -1.91. The summed E-state index contributed by atoms with van der Waals surface area (Å²) in [5, 5.41) is 2.05. The van der Waals surface area contributed by atoms with E-state index in [1.807, 2.05) is 35.7 Å². The first-order valence-electron chi connectivity index (χ1n) is 4.07. The molecule has 2 heteroatoms. The van der Waals surface area contributed by atoms with Crippen LogP contribution in [0.25, 0.3) is 0 Å². The second-order valence-electron chi connectivity index (χ2n) is 2.59. The van der Waals surface area contributed by atoms with Gasteiger partial charge in [-0.15, -0.1) is 11.3 Å². The summed E-state index contributed by atoms with van der Waals surface area (Å²) in [6.07, 6.45) is 0. The number of hydrogen-bond donors (Lipinski definition) is 0. The molecule has 0 saturated heterocycles. The number of rotatable bonds is 3. The van der Waals surface area contributed by atoms with E-state index in [0.717, 1.165) is 5.75 Å². The molecule has 2 aromatic rings. The van der Waals surface area contributed by atoms with E-state index in [2.05, 4.69) is 12.1 Å². The van der Waals surface area contributed by atoms with Crippen LogP contribution in [0.15, 0.2) is 41.8 Å². The molecule has 1 nitrogen and oxygen atoms in total. The molecule has 1 aromatic carbocycles. The fraction of sp³-hybridized carbons (Fsp3) is 0.0909. The zero-order chi connectivity index (χ0) is 8.93. The Morgan fingerprint density at radius 2 is 2.23 bits per heavy atom. The zero-order valence-electron chi connectivity index (χ0n) is 7.07. The maximum absolute atomic E-state index is 5.51. The first-order valence-corrected chi connectivity index (χ1v) is 4.95. The Hall–Kier alpha value is -1.28. The second-order valence-corrected chi connectivity index (χ2v) is 3.63. The van der Waals surface area contributed by atoms with E-state index >= 15 is 0 Å². The fourth-order valence-electron chi connectivity index (χ4n) is 1.01. The second kappa shape index (κ2) is 4.10. The van der Waals surface area contributed by atoms with Crippen LogP contribution in [0.1, 0.15) is 4.88 Å². The van der Waals surface area contributed by atoms with Gasteiger partial charge in [0.25, 0.3) is 0 Å². The molecule has 1 aromatic heterocycles. The van der Waals surface area contributed by atoms with Crippen molar-refractivity contribution in [3.63, 3.8) is 0 Å². The SMILES string of the molecule is [c]1ccccc1OCc1cccs1. The third kappa shape index (κ3) is 2.33. The van der Waals surface area contributed by atoms with E-state index in [4.69, 9.17) is 4.74 Å². The van der Waals surface area contributed by atoms with Gasteiger partial charge in [0, 0.05) is 10.9 Å². The summed E-state index contributed by atoms with van der Waals surface area (Å²) in [6, 6.07) is 14.7. The molecule has 1 heterocycles. The van der Waals surface area contributed by atoms with E-state index in [1.54, 1.807) is 11.3 Å². The van der Waals surface area contributed by atoms with Crippen LogP contribution in [0.4, 0.5) is 0 Å². The summed E-state index contributed by atoms with van der Waals surface area (Å²) in [4.78, 5) is 1.23. The molecular weight excluding hydrogens is 180 g/mol. The molecule has 65 valence electrons. The predicted molar refractivity (Wildman–Crippen MR) is 53.9 cm³/mol. The Morgan fingerprint density at radius 3 is 2.92 bits per heavy atom. The van der Waals surface area contributed by atoms with Crippen LogP contribution in [-0.2, 0) is 6.61 Å². The molecular formula is C11H9OS. The summed E-state index contributed by atoms with van der Waals surface area (Å²) in [6.45, 7) is 0.637. The van der Waals surface area contributed by atoms with Crippen molar-refractivity contribution in [3.05, 3.63) is 52.7 Å². The summed E-state index contributed by atoms with van der Waals surface area (Å²) < 4.78 is 5.51. The Kier molecular flexibility index (Phi) is 2.62. The molecule has 0 saturated carbocycles. The maximum Gasteiger partial charge on any atom is 0.127 e. The molecule has 2 rings (SSSR count). The molecule has 0 atom stereocenters. The van der Waals surface area contributed by atoms with Crippen LogP contribution in [0.3, 0.4) is 0 Å². The van der Waals surface area contributed by atoms with Gasteiger partial charge in [-0.05, 0) is 17.5 Å². The highest BCUT2D eigenvalue weighted by Gasteiger charge is 1.94. The van der Waals surface area contributed by atoms with Crippen molar-refractivity contribution in [2.75, 3.05) is 0 Å². The van der Waals surface area contributed by atoms with Gasteiger partial charge in [-0.1, -0.05) is 24.3 Å². The average Bonchev–Trinajstić information content (AvgIpc) is 2.69. The first-order chi connectivity index (χ1) is 6.45. The molecule has 0 unspecified atom stereocenters. The van der Waals surface area contributed by atoms with Gasteiger partial charge < -0.3 is 4.74 Å². The van der Waals surface area contributed by atoms with Crippen molar-refractivity contribution in [1.29, 1.82) is 0 Å². The highest BCUT2D eigenvalue weighted by atomic mass is 32.1. The van der Waals surface area contributed by atoms with Gasteiger partial charge in [-0.25, -0.2) is 0 Å². The van der Waals surface area contributed by atoms with Crippen molar-refractivity contribution in [1.82, 2.24) is 0 Å². The largest absolute Gasteiger partial charge is 0.487 e. The molecule has 0 aliphatic heterocycles. The third-order valence-corrected chi connectivity index (χ3v) is 2.48. The highest BCUT2D eigenvalue weighted by molar-refractivity contribution is 7.09. The van der Waals surface area contributed by atoms with Gasteiger partial charge >= 0.3 is 0 Å². The van der Waals surface area contributed by atoms with Crippen molar-refractivity contribution in [2.24, 2.45) is 0 Å². The van der Waals surface area contributed by atoms with Crippen LogP contribution in [0.5, 0.6) is 5.75 Å². The maximum atomic E-state index is 5.51. The average molecular weight is 189 g/mol. The van der Waals surface area contributed by atoms with Crippen LogP contribution in [0.2, 0.25) is 0 Å². The van der Waals surface area contributed by atoms with Gasteiger partial charge in [-0.2, -0.15) is 0 Å². The molecule has 0 aliphatic rings. The van der Waals surface area contributed by atoms with E-state index in [1.165, 1.54) is 4.88 Å². The predicted octanol–water partition coefficient (Wildman–Crippen LogP) is 3.13. The van der Waals surface area contributed by atoms with Crippen molar-refractivity contribution in [2.45, 2.75) is 6.61 Å². The number of thiophene rings is 1. The molecule has 0 fully saturated rings. The van der Waals surface area contributed by atoms with E-state index < -0.39 is 0 Å². The third-order valence-electron chi connectivity index (χ3n) is 1.63. The Bertz CT molecular complexity index is 340. The lowest BCUT2D eigenvalue weighted by molar-refractivity contribution is 0.309. The lowest BCUT2D eigenvalue weighted by Gasteiger charge is -2.02. The lowest BCUT2D eigenvalue weighted by atomic mass is 10.3. The smallest absolute Gasteiger partial charge is 0.127 e. The standard InChI is InChI=1S/C11H9OS/c1-2-5-10(6-3-1)12-9-11-7-4-8-13-11/h1-5,7-8H,9H2. The van der Waals surface area contributed by atoms with Gasteiger partial charge in [0.15, 0.2) is 0 Å². The van der Waals surface area contributed by atoms with Crippen molar-refractivity contribution >= 4 is 11.3 Å². The van der Waals surface area contributed by atoms with E-state index in [0.29, 0.717) is 6.61 Å². The van der Waals surface area contributed by atoms with Crippen LogP contribution < -0.4 is 4.74 Å². The van der Waals surface area contributed by atoms with Gasteiger partial charge in [0.2, 0.25) is 0 Å². The minimum absolute atomic E-state index is 0.637. The summed E-state index contributed by atoms with van der Waals surface area (Å²) >= 11 is 1.70. The number of benzene rings is 1. The number of para-hydroxylation sites is 1. The summed E-state index contributed by atoms with van der Waals surface area (Å²) in [5.74, 6) is 0.802. The summed E-state index contributed by atoms with van der Waals surface area (Å²) in [5.41, 5.74) is 0. The first kappa shape index (κ1) is 8.32. The highest BCUT2D eigenvalue weighted by Crippen LogP contribution is 2.13. The molecule has 0 N–H and O–H groups in total. The summed E-state index contributed by atoms with van der Waals surface area (Å²) in [7, 11) is 0. The molecule has 0 amide bonds. The molecule has 13 heavy (non-hydrogen) atoms. The quantitative estimate of drug-likeness (QED) is 0.720. The normalized spacial score (nSPS) is 9.85. The monoisotopic (exact) mass is 189 g/mol. The van der Waals surface area contributed by atoms with Crippen LogP contribution in [0, 0.1) is 6.07 Å². The van der Waals surface area contributed by atoms with Gasteiger partial charge in [-0.3, -0.25) is 0 Å². The Balaban J connectivity index is 1.94. The van der Waals surface area contributed by atoms with Gasteiger partial charge in [0.1, 0.15) is 12.4 Å². The van der Waals surface area contributed by atoms with Crippen molar-refractivity contribution in [3.8, 4) is 5.75 Å². The topological polar surface area (TPSA) is 9.23 Å². The zero-order valence-corrected chi connectivity index (χ0v) is 7.88. The number of hydrogen-bond acceptors (Lipinski definition) is 2. The minimum atomic E-state index is 0.637. The molecule has 0 aliphatic carbocycles. The van der Waals surface area contributed by atoms with Gasteiger partial charge in [0.05, 0.1) is 0 Å². The Morgan fingerprint density at radius 1 is 1.23 bits per heavy atom. The van der Waals surface area contributed by atoms with Crippen LogP contribution >= 0.6 is 11.3 Å². The fourth-order valence-corrected chi connectivity index (χ4v) is 1.63. The number of ether oxygens (including phenoxy) is 1. The molecule has 0 spiro atoms. The molecule has 0 bridgehead atoms. The van der Waals surface area contributed by atoms with E-state index in [9.17, 15) is 0 Å². The minimum Gasteiger partial charge on any atom is -0.487 e.